The average Bonchev–Trinajstić information content (AvgIpc) is 3.30. The van der Waals surface area contributed by atoms with E-state index in [4.69, 9.17) is 9.47 Å². The van der Waals surface area contributed by atoms with Crippen molar-refractivity contribution >= 4 is 27.9 Å². The number of aromatic nitrogens is 2. The van der Waals surface area contributed by atoms with E-state index >= 15 is 0 Å². The minimum absolute atomic E-state index is 0.138. The van der Waals surface area contributed by atoms with Crippen LogP contribution in [-0.2, 0) is 11.2 Å². The molecule has 0 bridgehead atoms. The Labute approximate surface area is 166 Å². The molecule has 0 radical (unpaired) electrons. The van der Waals surface area contributed by atoms with Gasteiger partial charge in [0, 0.05) is 48.7 Å². The molecule has 1 amide bonds. The Balaban J connectivity index is 1.22. The number of hydrogen-bond donors (Lipinski definition) is 1. The third-order valence-corrected chi connectivity index (χ3v) is 5.93. The Morgan fingerprint density at radius 1 is 1.29 bits per heavy atom. The summed E-state index contributed by atoms with van der Waals surface area (Å²) in [5.74, 6) is 1.70. The van der Waals surface area contributed by atoms with Crippen molar-refractivity contribution in [1.29, 1.82) is 0 Å². The number of nitrogens with one attached hydrogen (secondary N) is 1. The highest BCUT2D eigenvalue weighted by atomic mass is 32.1. The maximum atomic E-state index is 12.8. The van der Waals surface area contributed by atoms with Crippen LogP contribution < -0.4 is 14.8 Å². The molecule has 4 heterocycles. The van der Waals surface area contributed by atoms with Crippen molar-refractivity contribution < 1.29 is 14.3 Å². The molecule has 3 aromatic rings. The zero-order valence-corrected chi connectivity index (χ0v) is 16.3. The smallest absolute Gasteiger partial charge is 0.228 e. The molecule has 8 heteroatoms. The first-order valence-electron chi connectivity index (χ1n) is 9.60. The molecule has 2 aliphatic heterocycles. The van der Waals surface area contributed by atoms with Gasteiger partial charge in [0.1, 0.15) is 13.2 Å². The molecule has 2 aromatic heterocycles. The van der Waals surface area contributed by atoms with Crippen LogP contribution in [0.25, 0.3) is 4.96 Å². The van der Waals surface area contributed by atoms with E-state index in [0.29, 0.717) is 26.2 Å². The Hall–Kier alpha value is -2.74. The van der Waals surface area contributed by atoms with Crippen LogP contribution in [0.2, 0.25) is 0 Å². The van der Waals surface area contributed by atoms with Gasteiger partial charge < -0.3 is 19.7 Å². The molecule has 1 saturated heterocycles. The van der Waals surface area contributed by atoms with Gasteiger partial charge in [-0.25, -0.2) is 4.98 Å². The molecule has 0 saturated carbocycles. The zero-order valence-electron chi connectivity index (χ0n) is 15.5. The van der Waals surface area contributed by atoms with E-state index in [2.05, 4.69) is 10.3 Å². The second kappa shape index (κ2) is 7.35. The number of imidazole rings is 1. The summed E-state index contributed by atoms with van der Waals surface area (Å²) in [6.07, 6.45) is 6.30. The fourth-order valence-electron chi connectivity index (χ4n) is 3.82. The number of thiazole rings is 1. The fraction of sp³-hybridized carbons (Fsp3) is 0.400. The molecular formula is C20H22N4O3S. The first-order valence-corrected chi connectivity index (χ1v) is 10.5. The second-order valence-corrected chi connectivity index (χ2v) is 8.06. The Kier molecular flexibility index (Phi) is 4.56. The highest BCUT2D eigenvalue weighted by molar-refractivity contribution is 7.15. The van der Waals surface area contributed by atoms with Crippen molar-refractivity contribution in [2.45, 2.75) is 25.3 Å². The third kappa shape index (κ3) is 3.52. The third-order valence-electron chi connectivity index (χ3n) is 5.16. The van der Waals surface area contributed by atoms with Crippen LogP contribution in [0.5, 0.6) is 11.5 Å². The number of anilines is 1. The van der Waals surface area contributed by atoms with Crippen LogP contribution >= 0.6 is 11.3 Å². The number of ether oxygens (including phenoxy) is 2. The molecule has 28 heavy (non-hydrogen) atoms. The van der Waals surface area contributed by atoms with Crippen molar-refractivity contribution in [2.75, 3.05) is 31.6 Å². The number of rotatable bonds is 4. The Morgan fingerprint density at radius 3 is 3.07 bits per heavy atom. The number of amides is 1. The monoisotopic (exact) mass is 398 g/mol. The molecule has 0 aliphatic carbocycles. The summed E-state index contributed by atoms with van der Waals surface area (Å²) in [6.45, 7) is 2.68. The number of likely N-dealkylation sites (tertiary alicyclic amines) is 1. The van der Waals surface area contributed by atoms with Gasteiger partial charge in [-0.05, 0) is 25.0 Å². The number of nitrogens with zero attached hydrogens (tertiary/aromatic N) is 3. The summed E-state index contributed by atoms with van der Waals surface area (Å²) in [6, 6.07) is 6.15. The summed E-state index contributed by atoms with van der Waals surface area (Å²) in [5.41, 5.74) is 1.83. The summed E-state index contributed by atoms with van der Waals surface area (Å²) >= 11 is 1.58. The van der Waals surface area contributed by atoms with Gasteiger partial charge >= 0.3 is 0 Å². The molecule has 2 aliphatic rings. The fourth-order valence-corrected chi connectivity index (χ4v) is 4.54. The molecule has 5 rings (SSSR count). The van der Waals surface area contributed by atoms with Gasteiger partial charge in [0.15, 0.2) is 16.5 Å². The molecule has 1 aromatic carbocycles. The molecule has 0 spiro atoms. The van der Waals surface area contributed by atoms with Crippen LogP contribution in [0.1, 0.15) is 18.5 Å². The van der Waals surface area contributed by atoms with E-state index < -0.39 is 0 Å². The predicted molar refractivity (Wildman–Crippen MR) is 107 cm³/mol. The standard InChI is InChI=1S/C20H22N4O3S/c25-19(11-16-13-24-6-9-28-20(24)22-16)23-5-1-2-15(12-23)21-14-3-4-17-18(10-14)27-8-7-26-17/h3-4,6,9-10,13,15,21H,1-2,5,7-8,11-12H2/t15-/m0/s1. The van der Waals surface area contributed by atoms with E-state index in [1.54, 1.807) is 11.3 Å². The molecule has 1 N–H and O–H groups in total. The predicted octanol–water partition coefficient (Wildman–Crippen LogP) is 2.81. The lowest BCUT2D eigenvalue weighted by atomic mass is 10.0. The first kappa shape index (κ1) is 17.4. The van der Waals surface area contributed by atoms with Gasteiger partial charge in [0.05, 0.1) is 12.1 Å². The maximum absolute atomic E-state index is 12.8. The highest BCUT2D eigenvalue weighted by Gasteiger charge is 2.24. The van der Waals surface area contributed by atoms with Crippen molar-refractivity contribution in [3.63, 3.8) is 0 Å². The largest absolute Gasteiger partial charge is 0.486 e. The summed E-state index contributed by atoms with van der Waals surface area (Å²) < 4.78 is 13.2. The number of benzene rings is 1. The van der Waals surface area contributed by atoms with E-state index in [1.807, 2.05) is 45.3 Å². The Bertz CT molecular complexity index is 970. The molecule has 146 valence electrons. The van der Waals surface area contributed by atoms with Crippen molar-refractivity contribution in [2.24, 2.45) is 0 Å². The molecule has 7 nitrogen and oxygen atoms in total. The summed E-state index contributed by atoms with van der Waals surface area (Å²) in [4.78, 5) is 20.2. The lowest BCUT2D eigenvalue weighted by Gasteiger charge is -2.34. The van der Waals surface area contributed by atoms with Crippen LogP contribution in [-0.4, -0.2) is 52.5 Å². The maximum Gasteiger partial charge on any atom is 0.228 e. The van der Waals surface area contributed by atoms with Crippen LogP contribution in [0.4, 0.5) is 5.69 Å². The zero-order chi connectivity index (χ0) is 18.9. The van der Waals surface area contributed by atoms with Gasteiger partial charge in [0.2, 0.25) is 5.91 Å². The summed E-state index contributed by atoms with van der Waals surface area (Å²) in [7, 11) is 0. The minimum Gasteiger partial charge on any atom is -0.486 e. The van der Waals surface area contributed by atoms with Gasteiger partial charge in [-0.1, -0.05) is 0 Å². The number of carbonyl (C=O) groups is 1. The molecule has 1 fully saturated rings. The second-order valence-electron chi connectivity index (χ2n) is 7.18. The molecule has 1 atom stereocenters. The Morgan fingerprint density at radius 2 is 2.18 bits per heavy atom. The van der Waals surface area contributed by atoms with Gasteiger partial charge in [-0.15, -0.1) is 11.3 Å². The van der Waals surface area contributed by atoms with Gasteiger partial charge in [-0.2, -0.15) is 0 Å². The van der Waals surface area contributed by atoms with E-state index in [9.17, 15) is 4.79 Å². The van der Waals surface area contributed by atoms with E-state index in [1.165, 1.54) is 0 Å². The number of piperidine rings is 1. The number of hydrogen-bond acceptors (Lipinski definition) is 6. The lowest BCUT2D eigenvalue weighted by molar-refractivity contribution is -0.131. The normalized spacial score (nSPS) is 19.0. The van der Waals surface area contributed by atoms with Crippen LogP contribution in [0, 0.1) is 0 Å². The van der Waals surface area contributed by atoms with Gasteiger partial charge in [-0.3, -0.25) is 9.20 Å². The van der Waals surface area contributed by atoms with Crippen LogP contribution in [0.3, 0.4) is 0 Å². The molecular weight excluding hydrogens is 376 g/mol. The van der Waals surface area contributed by atoms with Gasteiger partial charge in [0.25, 0.3) is 0 Å². The van der Waals surface area contributed by atoms with E-state index in [-0.39, 0.29) is 11.9 Å². The topological polar surface area (TPSA) is 68.1 Å². The van der Waals surface area contributed by atoms with Crippen LogP contribution in [0.15, 0.2) is 36.0 Å². The van der Waals surface area contributed by atoms with Crippen molar-refractivity contribution in [3.05, 3.63) is 41.7 Å². The quantitative estimate of drug-likeness (QED) is 0.732. The summed E-state index contributed by atoms with van der Waals surface area (Å²) in [5, 5.41) is 5.54. The molecule has 0 unspecified atom stereocenters. The SMILES string of the molecule is O=C(Cc1cn2ccsc2n1)N1CCC[C@H](Nc2ccc3c(c2)OCCO3)C1. The van der Waals surface area contributed by atoms with Crippen molar-refractivity contribution in [1.82, 2.24) is 14.3 Å². The number of carbonyl (C=O) groups excluding carboxylic acids is 1. The highest BCUT2D eigenvalue weighted by Crippen LogP contribution is 2.33. The first-order chi connectivity index (χ1) is 13.7. The van der Waals surface area contributed by atoms with E-state index in [0.717, 1.165) is 47.2 Å². The average molecular weight is 398 g/mol. The number of fused-ring (bicyclic) bond motifs is 2. The van der Waals surface area contributed by atoms with Crippen molar-refractivity contribution in [3.8, 4) is 11.5 Å². The minimum atomic E-state index is 0.138. The lowest BCUT2D eigenvalue weighted by Crippen LogP contribution is -2.45.